The highest BCUT2D eigenvalue weighted by molar-refractivity contribution is 7.88. The van der Waals surface area contributed by atoms with E-state index in [9.17, 15) is 13.2 Å². The van der Waals surface area contributed by atoms with Crippen LogP contribution >= 0.6 is 0 Å². The van der Waals surface area contributed by atoms with E-state index in [1.807, 2.05) is 84.9 Å². The van der Waals surface area contributed by atoms with Gasteiger partial charge < -0.3 is 9.64 Å². The van der Waals surface area contributed by atoms with E-state index in [2.05, 4.69) is 0 Å². The van der Waals surface area contributed by atoms with E-state index in [0.717, 1.165) is 16.9 Å². The largest absolute Gasteiger partial charge is 0.493 e. The van der Waals surface area contributed by atoms with Gasteiger partial charge in [0.25, 0.3) is 5.91 Å². The van der Waals surface area contributed by atoms with Gasteiger partial charge in [-0.15, -0.1) is 0 Å². The van der Waals surface area contributed by atoms with Gasteiger partial charge in [0.2, 0.25) is 10.0 Å². The predicted octanol–water partition coefficient (Wildman–Crippen LogP) is 3.77. The van der Waals surface area contributed by atoms with E-state index in [4.69, 9.17) is 4.74 Å². The minimum absolute atomic E-state index is 0.102. The Hall–Kier alpha value is -3.16. The smallest absolute Gasteiger partial charge is 0.254 e. The molecule has 0 radical (unpaired) electrons. The maximum absolute atomic E-state index is 13.6. The highest BCUT2D eigenvalue weighted by Gasteiger charge is 2.31. The number of rotatable bonds is 6. The first kappa shape index (κ1) is 23.0. The van der Waals surface area contributed by atoms with Gasteiger partial charge in [-0.25, -0.2) is 8.42 Å². The summed E-state index contributed by atoms with van der Waals surface area (Å²) in [5.74, 6) is 0.463. The minimum atomic E-state index is -3.39. The number of ether oxygens (including phenoxy) is 1. The molecule has 33 heavy (non-hydrogen) atoms. The fraction of sp³-hybridized carbons (Fsp3) is 0.269. The van der Waals surface area contributed by atoms with Gasteiger partial charge in [-0.05, 0) is 29.3 Å². The van der Waals surface area contributed by atoms with E-state index in [-0.39, 0.29) is 18.4 Å². The zero-order valence-corrected chi connectivity index (χ0v) is 19.4. The molecule has 6 nitrogen and oxygen atoms in total. The van der Waals surface area contributed by atoms with Crippen molar-refractivity contribution in [1.29, 1.82) is 0 Å². The molecule has 1 heterocycles. The summed E-state index contributed by atoms with van der Waals surface area (Å²) in [6.07, 6.45) is 1.21. The lowest BCUT2D eigenvalue weighted by atomic mass is 9.98. The summed E-state index contributed by atoms with van der Waals surface area (Å²) in [5.41, 5.74) is 2.45. The molecule has 3 aromatic carbocycles. The van der Waals surface area contributed by atoms with Gasteiger partial charge in [0, 0.05) is 37.7 Å². The molecule has 3 aromatic rings. The number of hydrogen-bond donors (Lipinski definition) is 0. The summed E-state index contributed by atoms with van der Waals surface area (Å²) in [7, 11) is -3.39. The van der Waals surface area contributed by atoms with Crippen molar-refractivity contribution >= 4 is 15.9 Å². The molecule has 0 saturated carbocycles. The molecule has 1 fully saturated rings. The van der Waals surface area contributed by atoms with Crippen LogP contribution in [0.2, 0.25) is 0 Å². The van der Waals surface area contributed by atoms with E-state index in [1.165, 1.54) is 10.6 Å². The van der Waals surface area contributed by atoms with Crippen LogP contribution in [0.25, 0.3) is 11.1 Å². The maximum Gasteiger partial charge on any atom is 0.254 e. The first-order chi connectivity index (χ1) is 15.9. The third-order valence-corrected chi connectivity index (χ3v) is 7.06. The monoisotopic (exact) mass is 464 g/mol. The van der Waals surface area contributed by atoms with Crippen molar-refractivity contribution in [2.45, 2.75) is 0 Å². The molecule has 0 unspecified atom stereocenters. The Morgan fingerprint density at radius 3 is 2.21 bits per heavy atom. The first-order valence-electron chi connectivity index (χ1n) is 11.0. The second kappa shape index (κ2) is 10.2. The van der Waals surface area contributed by atoms with Crippen molar-refractivity contribution in [2.24, 2.45) is 5.92 Å². The van der Waals surface area contributed by atoms with Crippen molar-refractivity contribution in [3.63, 3.8) is 0 Å². The summed E-state index contributed by atoms with van der Waals surface area (Å²) in [4.78, 5) is 15.4. The number of amides is 1. The molecule has 1 aliphatic rings. The van der Waals surface area contributed by atoms with Crippen LogP contribution in [0.15, 0.2) is 84.9 Å². The Morgan fingerprint density at radius 1 is 0.879 bits per heavy atom. The van der Waals surface area contributed by atoms with Gasteiger partial charge >= 0.3 is 0 Å². The Morgan fingerprint density at radius 2 is 1.52 bits per heavy atom. The van der Waals surface area contributed by atoms with Gasteiger partial charge in [-0.1, -0.05) is 66.7 Å². The lowest BCUT2D eigenvalue weighted by Crippen LogP contribution is -2.37. The highest BCUT2D eigenvalue weighted by atomic mass is 32.2. The number of nitrogens with zero attached hydrogens (tertiary/aromatic N) is 2. The minimum Gasteiger partial charge on any atom is -0.493 e. The van der Waals surface area contributed by atoms with E-state index in [0.29, 0.717) is 31.8 Å². The molecule has 0 spiro atoms. The van der Waals surface area contributed by atoms with E-state index in [1.54, 1.807) is 4.90 Å². The van der Waals surface area contributed by atoms with E-state index >= 15 is 0 Å². The van der Waals surface area contributed by atoms with Crippen molar-refractivity contribution in [1.82, 2.24) is 9.21 Å². The van der Waals surface area contributed by atoms with E-state index < -0.39 is 10.0 Å². The molecule has 172 valence electrons. The number of para-hydroxylation sites is 1. The zero-order chi connectivity index (χ0) is 23.3. The average Bonchev–Trinajstić information content (AvgIpc) is 3.07. The topological polar surface area (TPSA) is 66.9 Å². The second-order valence-corrected chi connectivity index (χ2v) is 10.3. The number of hydrogen-bond acceptors (Lipinski definition) is 4. The van der Waals surface area contributed by atoms with Crippen LogP contribution in [0.5, 0.6) is 5.75 Å². The standard InChI is InChI=1S/C26H28N2O4S/c1-33(30,31)28-17-16-27(18-21(19-28)20-32-23-12-6-3-7-13-23)26(29)25-15-9-8-14-24(25)22-10-4-2-5-11-22/h2-15,21H,16-20H2,1H3/t21-/m0/s1. The Kier molecular flexibility index (Phi) is 7.11. The molecular weight excluding hydrogens is 436 g/mol. The summed E-state index contributed by atoms with van der Waals surface area (Å²) < 4.78 is 32.0. The van der Waals surface area contributed by atoms with Crippen LogP contribution in [-0.2, 0) is 10.0 Å². The average molecular weight is 465 g/mol. The van der Waals surface area contributed by atoms with Crippen LogP contribution in [0, 0.1) is 5.92 Å². The molecule has 7 heteroatoms. The summed E-state index contributed by atoms with van der Waals surface area (Å²) in [6.45, 7) is 1.65. The molecule has 1 atom stereocenters. The van der Waals surface area contributed by atoms with Crippen LogP contribution in [0.3, 0.4) is 0 Å². The lowest BCUT2D eigenvalue weighted by Gasteiger charge is -2.25. The van der Waals surface area contributed by atoms with Crippen LogP contribution in [-0.4, -0.2) is 62.6 Å². The van der Waals surface area contributed by atoms with Gasteiger partial charge in [0.1, 0.15) is 5.75 Å². The molecule has 0 aliphatic carbocycles. The fourth-order valence-corrected chi connectivity index (χ4v) is 5.00. The molecule has 0 N–H and O–H groups in total. The van der Waals surface area contributed by atoms with Crippen molar-refractivity contribution in [2.75, 3.05) is 39.0 Å². The molecule has 1 amide bonds. The summed E-state index contributed by atoms with van der Waals surface area (Å²) in [6, 6.07) is 26.8. The fourth-order valence-electron chi connectivity index (χ4n) is 4.10. The van der Waals surface area contributed by atoms with Gasteiger partial charge in [-0.2, -0.15) is 4.31 Å². The van der Waals surface area contributed by atoms with Gasteiger partial charge in [-0.3, -0.25) is 4.79 Å². The number of carbonyl (C=O) groups excluding carboxylic acids is 1. The normalized spacial score (nSPS) is 17.4. The number of benzene rings is 3. The third kappa shape index (κ3) is 5.80. The lowest BCUT2D eigenvalue weighted by molar-refractivity contribution is 0.0733. The number of sulfonamides is 1. The Balaban J connectivity index is 1.58. The predicted molar refractivity (Wildman–Crippen MR) is 130 cm³/mol. The van der Waals surface area contributed by atoms with Crippen molar-refractivity contribution in [3.8, 4) is 16.9 Å². The molecule has 0 bridgehead atoms. The highest BCUT2D eigenvalue weighted by Crippen LogP contribution is 2.26. The van der Waals surface area contributed by atoms with Crippen LogP contribution < -0.4 is 4.74 Å². The summed E-state index contributed by atoms with van der Waals surface area (Å²) >= 11 is 0. The second-order valence-electron chi connectivity index (χ2n) is 8.27. The molecular formula is C26H28N2O4S. The SMILES string of the molecule is CS(=O)(=O)N1CCN(C(=O)c2ccccc2-c2ccccc2)C[C@H](COc2ccccc2)C1. The molecule has 0 aromatic heterocycles. The molecule has 1 aliphatic heterocycles. The number of carbonyl (C=O) groups is 1. The Labute approximate surface area is 195 Å². The van der Waals surface area contributed by atoms with Crippen LogP contribution in [0.1, 0.15) is 10.4 Å². The van der Waals surface area contributed by atoms with Gasteiger partial charge in [0.05, 0.1) is 12.9 Å². The molecule has 1 saturated heterocycles. The maximum atomic E-state index is 13.6. The van der Waals surface area contributed by atoms with Crippen molar-refractivity contribution in [3.05, 3.63) is 90.5 Å². The first-order valence-corrected chi connectivity index (χ1v) is 12.8. The van der Waals surface area contributed by atoms with Crippen molar-refractivity contribution < 1.29 is 17.9 Å². The van der Waals surface area contributed by atoms with Crippen LogP contribution in [0.4, 0.5) is 0 Å². The zero-order valence-electron chi connectivity index (χ0n) is 18.6. The summed E-state index contributed by atoms with van der Waals surface area (Å²) in [5, 5.41) is 0. The Bertz CT molecular complexity index is 1180. The third-order valence-electron chi connectivity index (χ3n) is 5.79. The molecule has 4 rings (SSSR count). The quantitative estimate of drug-likeness (QED) is 0.557. The van der Waals surface area contributed by atoms with Gasteiger partial charge in [0.15, 0.2) is 0 Å².